The van der Waals surface area contributed by atoms with Crippen molar-refractivity contribution in [1.82, 2.24) is 4.90 Å². The maximum atomic E-state index is 12.3. The van der Waals surface area contributed by atoms with Gasteiger partial charge in [0.15, 0.2) is 0 Å². The van der Waals surface area contributed by atoms with E-state index in [1.807, 2.05) is 0 Å². The van der Waals surface area contributed by atoms with Gasteiger partial charge >= 0.3 is 5.97 Å². The molecule has 4 heteroatoms. The average Bonchev–Trinajstić information content (AvgIpc) is 3.08. The van der Waals surface area contributed by atoms with E-state index in [0.717, 1.165) is 38.5 Å². The van der Waals surface area contributed by atoms with Crippen molar-refractivity contribution in [2.24, 2.45) is 5.92 Å². The number of carbonyl (C=O) groups is 2. The van der Waals surface area contributed by atoms with Crippen molar-refractivity contribution in [2.45, 2.75) is 58.4 Å². The highest BCUT2D eigenvalue weighted by molar-refractivity contribution is 5.83. The molecule has 98 valence electrons. The van der Waals surface area contributed by atoms with Crippen LogP contribution in [0.5, 0.6) is 0 Å². The fraction of sp³-hybridized carbons (Fsp3) is 0.846. The van der Waals surface area contributed by atoms with Gasteiger partial charge in [0, 0.05) is 12.0 Å². The van der Waals surface area contributed by atoms with Crippen LogP contribution in [0.1, 0.15) is 52.4 Å². The first kappa shape index (κ1) is 14.0. The molecule has 1 fully saturated rings. The van der Waals surface area contributed by atoms with Crippen LogP contribution in [0.15, 0.2) is 0 Å². The van der Waals surface area contributed by atoms with Gasteiger partial charge in [-0.3, -0.25) is 9.59 Å². The van der Waals surface area contributed by atoms with Gasteiger partial charge in [-0.05, 0) is 25.7 Å². The Labute approximate surface area is 103 Å². The van der Waals surface area contributed by atoms with Gasteiger partial charge in [-0.25, -0.2) is 0 Å². The number of nitrogens with zero attached hydrogens (tertiary/aromatic N) is 1. The molecule has 0 aromatic carbocycles. The van der Waals surface area contributed by atoms with Crippen LogP contribution in [0.3, 0.4) is 0 Å². The molecule has 1 amide bonds. The molecule has 0 aliphatic heterocycles. The minimum Gasteiger partial charge on any atom is -0.480 e. The second-order valence-electron chi connectivity index (χ2n) is 4.87. The molecular weight excluding hydrogens is 218 g/mol. The Bertz CT molecular complexity index is 268. The van der Waals surface area contributed by atoms with Crippen molar-refractivity contribution >= 4 is 11.9 Å². The summed E-state index contributed by atoms with van der Waals surface area (Å²) < 4.78 is 0. The Morgan fingerprint density at radius 1 is 1.24 bits per heavy atom. The lowest BCUT2D eigenvalue weighted by molar-refractivity contribution is -0.147. The zero-order valence-corrected chi connectivity index (χ0v) is 10.8. The summed E-state index contributed by atoms with van der Waals surface area (Å²) in [5, 5.41) is 8.86. The molecule has 0 radical (unpaired) electrons. The van der Waals surface area contributed by atoms with E-state index in [-0.39, 0.29) is 24.4 Å². The number of aliphatic carboxylic acids is 1. The number of hydrogen-bond acceptors (Lipinski definition) is 2. The Kier molecular flexibility index (Phi) is 5.45. The second-order valence-corrected chi connectivity index (χ2v) is 4.87. The molecule has 0 saturated heterocycles. The summed E-state index contributed by atoms with van der Waals surface area (Å²) >= 11 is 0. The van der Waals surface area contributed by atoms with Crippen molar-refractivity contribution in [2.75, 3.05) is 6.54 Å². The van der Waals surface area contributed by atoms with Crippen molar-refractivity contribution < 1.29 is 14.7 Å². The molecule has 1 rings (SSSR count). The molecule has 0 atom stereocenters. The summed E-state index contributed by atoms with van der Waals surface area (Å²) in [6, 6.07) is 0.190. The lowest BCUT2D eigenvalue weighted by Gasteiger charge is -2.25. The van der Waals surface area contributed by atoms with E-state index in [1.165, 1.54) is 0 Å². The summed E-state index contributed by atoms with van der Waals surface area (Å²) in [7, 11) is 0. The van der Waals surface area contributed by atoms with Crippen LogP contribution >= 0.6 is 0 Å². The summed E-state index contributed by atoms with van der Waals surface area (Å²) in [5.41, 5.74) is 0. The number of carbonyl (C=O) groups excluding carboxylic acids is 1. The number of rotatable bonds is 8. The molecule has 1 aliphatic carbocycles. The maximum absolute atomic E-state index is 12.3. The maximum Gasteiger partial charge on any atom is 0.323 e. The fourth-order valence-electron chi connectivity index (χ4n) is 2.24. The van der Waals surface area contributed by atoms with Crippen LogP contribution in [-0.4, -0.2) is 34.5 Å². The predicted octanol–water partition coefficient (Wildman–Crippen LogP) is 2.28. The van der Waals surface area contributed by atoms with Crippen molar-refractivity contribution in [3.05, 3.63) is 0 Å². The lowest BCUT2D eigenvalue weighted by Crippen LogP contribution is -2.41. The first-order chi connectivity index (χ1) is 8.10. The van der Waals surface area contributed by atoms with Crippen LogP contribution < -0.4 is 0 Å². The second kappa shape index (κ2) is 6.62. The first-order valence-corrected chi connectivity index (χ1v) is 6.62. The van der Waals surface area contributed by atoms with Gasteiger partial charge in [-0.1, -0.05) is 26.7 Å². The van der Waals surface area contributed by atoms with Crippen molar-refractivity contribution in [3.63, 3.8) is 0 Å². The van der Waals surface area contributed by atoms with E-state index in [0.29, 0.717) is 0 Å². The fourth-order valence-corrected chi connectivity index (χ4v) is 2.24. The van der Waals surface area contributed by atoms with E-state index in [2.05, 4.69) is 13.8 Å². The summed E-state index contributed by atoms with van der Waals surface area (Å²) in [6.45, 7) is 4.00. The Balaban J connectivity index is 2.63. The normalized spacial score (nSPS) is 15.0. The molecule has 0 aromatic heterocycles. The van der Waals surface area contributed by atoms with E-state index >= 15 is 0 Å². The van der Waals surface area contributed by atoms with Crippen LogP contribution in [0, 0.1) is 5.92 Å². The summed E-state index contributed by atoms with van der Waals surface area (Å²) in [4.78, 5) is 24.7. The molecule has 1 N–H and O–H groups in total. The van der Waals surface area contributed by atoms with Crippen LogP contribution in [0.25, 0.3) is 0 Å². The topological polar surface area (TPSA) is 57.6 Å². The molecule has 4 nitrogen and oxygen atoms in total. The first-order valence-electron chi connectivity index (χ1n) is 6.62. The van der Waals surface area contributed by atoms with Gasteiger partial charge in [0.05, 0.1) is 0 Å². The Morgan fingerprint density at radius 3 is 2.12 bits per heavy atom. The van der Waals surface area contributed by atoms with E-state index in [9.17, 15) is 9.59 Å². The smallest absolute Gasteiger partial charge is 0.323 e. The zero-order chi connectivity index (χ0) is 12.8. The van der Waals surface area contributed by atoms with Gasteiger partial charge in [0.2, 0.25) is 5.91 Å². The average molecular weight is 241 g/mol. The van der Waals surface area contributed by atoms with E-state index in [4.69, 9.17) is 5.11 Å². The SMILES string of the molecule is CCCC(CCC)C(=O)N(CC(=O)O)C1CC1. The van der Waals surface area contributed by atoms with Gasteiger partial charge in [0.1, 0.15) is 6.54 Å². The monoisotopic (exact) mass is 241 g/mol. The molecule has 0 bridgehead atoms. The molecule has 0 aromatic rings. The lowest BCUT2D eigenvalue weighted by atomic mass is 9.96. The van der Waals surface area contributed by atoms with Crippen LogP contribution in [0.2, 0.25) is 0 Å². The van der Waals surface area contributed by atoms with E-state index < -0.39 is 5.97 Å². The molecule has 0 spiro atoms. The van der Waals surface area contributed by atoms with Crippen molar-refractivity contribution in [3.8, 4) is 0 Å². The summed E-state index contributed by atoms with van der Waals surface area (Å²) in [5.74, 6) is -0.833. The van der Waals surface area contributed by atoms with Gasteiger partial charge in [0.25, 0.3) is 0 Å². The molecule has 0 unspecified atom stereocenters. The number of amides is 1. The van der Waals surface area contributed by atoms with Gasteiger partial charge in [-0.15, -0.1) is 0 Å². The highest BCUT2D eigenvalue weighted by Gasteiger charge is 2.36. The number of hydrogen-bond donors (Lipinski definition) is 1. The quantitative estimate of drug-likeness (QED) is 0.709. The van der Waals surface area contributed by atoms with Crippen LogP contribution in [0.4, 0.5) is 0 Å². The third kappa shape index (κ3) is 4.36. The van der Waals surface area contributed by atoms with Gasteiger partial charge < -0.3 is 10.0 Å². The largest absolute Gasteiger partial charge is 0.480 e. The molecule has 0 heterocycles. The zero-order valence-electron chi connectivity index (χ0n) is 10.8. The van der Waals surface area contributed by atoms with E-state index in [1.54, 1.807) is 4.90 Å². The predicted molar refractivity (Wildman–Crippen MR) is 65.7 cm³/mol. The van der Waals surface area contributed by atoms with Crippen molar-refractivity contribution in [1.29, 1.82) is 0 Å². The third-order valence-corrected chi connectivity index (χ3v) is 3.20. The highest BCUT2D eigenvalue weighted by Crippen LogP contribution is 2.29. The number of carboxylic acids is 1. The molecular formula is C13H23NO3. The minimum atomic E-state index is -0.906. The highest BCUT2D eigenvalue weighted by atomic mass is 16.4. The standard InChI is InChI=1S/C13H23NO3/c1-3-5-10(6-4-2)13(17)14(9-12(15)16)11-7-8-11/h10-11H,3-9H2,1-2H3,(H,15,16). The molecule has 17 heavy (non-hydrogen) atoms. The summed E-state index contributed by atoms with van der Waals surface area (Å²) in [6.07, 6.45) is 5.61. The number of carboxylic acid groups (broad SMARTS) is 1. The van der Waals surface area contributed by atoms with Gasteiger partial charge in [-0.2, -0.15) is 0 Å². The third-order valence-electron chi connectivity index (χ3n) is 3.20. The Hall–Kier alpha value is -1.06. The molecule has 1 saturated carbocycles. The Morgan fingerprint density at radius 2 is 1.76 bits per heavy atom. The molecule has 1 aliphatic rings. The minimum absolute atomic E-state index is 0.0185. The van der Waals surface area contributed by atoms with Crippen LogP contribution in [-0.2, 0) is 9.59 Å².